The van der Waals surface area contributed by atoms with Gasteiger partial charge < -0.3 is 5.11 Å². The second-order valence-electron chi connectivity index (χ2n) is 2.43. The van der Waals surface area contributed by atoms with Crippen molar-refractivity contribution in [2.45, 2.75) is 6.61 Å². The molecule has 0 aliphatic heterocycles. The molecule has 0 bridgehead atoms. The van der Waals surface area contributed by atoms with Crippen LogP contribution in [0.5, 0.6) is 0 Å². The van der Waals surface area contributed by atoms with Gasteiger partial charge in [0.2, 0.25) is 0 Å². The van der Waals surface area contributed by atoms with Crippen LogP contribution in [0.2, 0.25) is 0 Å². The zero-order chi connectivity index (χ0) is 9.90. The van der Waals surface area contributed by atoms with E-state index >= 15 is 0 Å². The molecule has 0 aromatic heterocycles. The average molecular weight is 203 g/mol. The van der Waals surface area contributed by atoms with E-state index in [1.165, 1.54) is 12.1 Å². The molecule has 13 heavy (non-hydrogen) atoms. The number of aliphatic hydroxyl groups excluding tert-OH is 1. The summed E-state index contributed by atoms with van der Waals surface area (Å²) in [6.07, 6.45) is 0. The van der Waals surface area contributed by atoms with E-state index in [1.54, 1.807) is 12.1 Å². The molecule has 0 heterocycles. The summed E-state index contributed by atoms with van der Waals surface area (Å²) in [5.41, 5.74) is 0.917. The van der Waals surface area contributed by atoms with Crippen molar-refractivity contribution in [3.05, 3.63) is 29.8 Å². The highest BCUT2D eigenvalue weighted by Gasteiger charge is 2.02. The fraction of sp³-hybridized carbons (Fsp3) is 0.143. The quantitative estimate of drug-likeness (QED) is 0.620. The standard InChI is InChI=1S/C7H9NO4S/c9-5-6-1-3-7(4-2-6)8-13(10,11)12/h1-4,8-9H,5H2,(H,10,11,12). The van der Waals surface area contributed by atoms with Gasteiger partial charge in [0, 0.05) is 0 Å². The van der Waals surface area contributed by atoms with E-state index in [4.69, 9.17) is 9.66 Å². The number of rotatable bonds is 3. The van der Waals surface area contributed by atoms with E-state index in [1.807, 2.05) is 4.72 Å². The Morgan fingerprint density at radius 3 is 2.15 bits per heavy atom. The monoisotopic (exact) mass is 203 g/mol. The molecule has 0 atom stereocenters. The van der Waals surface area contributed by atoms with Crippen LogP contribution in [-0.4, -0.2) is 18.1 Å². The van der Waals surface area contributed by atoms with Crippen LogP contribution >= 0.6 is 0 Å². The third-order valence-corrected chi connectivity index (χ3v) is 1.88. The van der Waals surface area contributed by atoms with Crippen LogP contribution in [0.15, 0.2) is 24.3 Å². The van der Waals surface area contributed by atoms with E-state index in [9.17, 15) is 8.42 Å². The Balaban J connectivity index is 2.81. The van der Waals surface area contributed by atoms with Gasteiger partial charge >= 0.3 is 10.3 Å². The van der Waals surface area contributed by atoms with Gasteiger partial charge in [-0.2, -0.15) is 8.42 Å². The molecule has 5 nitrogen and oxygen atoms in total. The molecule has 0 aliphatic rings. The van der Waals surface area contributed by atoms with Crippen molar-refractivity contribution in [1.29, 1.82) is 0 Å². The third-order valence-electron chi connectivity index (χ3n) is 1.38. The molecular formula is C7H9NO4S. The number of anilines is 1. The molecule has 1 rings (SSSR count). The van der Waals surface area contributed by atoms with Crippen molar-refractivity contribution >= 4 is 16.0 Å². The van der Waals surface area contributed by atoms with Crippen LogP contribution < -0.4 is 4.72 Å². The Morgan fingerprint density at radius 2 is 1.77 bits per heavy atom. The Morgan fingerprint density at radius 1 is 1.23 bits per heavy atom. The molecule has 72 valence electrons. The van der Waals surface area contributed by atoms with Crippen LogP contribution in [0, 0.1) is 0 Å². The molecule has 1 aromatic rings. The number of hydrogen-bond acceptors (Lipinski definition) is 3. The first-order chi connectivity index (χ1) is 6.01. The van der Waals surface area contributed by atoms with Gasteiger partial charge in [-0.3, -0.25) is 9.27 Å². The van der Waals surface area contributed by atoms with Crippen molar-refractivity contribution in [3.8, 4) is 0 Å². The van der Waals surface area contributed by atoms with Crippen LogP contribution in [0.4, 0.5) is 5.69 Å². The van der Waals surface area contributed by atoms with E-state index in [0.717, 1.165) is 0 Å². The van der Waals surface area contributed by atoms with Crippen LogP contribution in [0.1, 0.15) is 5.56 Å². The minimum Gasteiger partial charge on any atom is -0.392 e. The lowest BCUT2D eigenvalue weighted by molar-refractivity contribution is 0.282. The lowest BCUT2D eigenvalue weighted by atomic mass is 10.2. The molecule has 0 fully saturated rings. The maximum atomic E-state index is 10.4. The maximum Gasteiger partial charge on any atom is 0.357 e. The Kier molecular flexibility index (Phi) is 2.86. The molecule has 0 amide bonds. The summed E-state index contributed by atoms with van der Waals surface area (Å²) in [6.45, 7) is -0.105. The van der Waals surface area contributed by atoms with E-state index in [-0.39, 0.29) is 12.3 Å². The zero-order valence-electron chi connectivity index (χ0n) is 6.64. The van der Waals surface area contributed by atoms with Crippen molar-refractivity contribution in [1.82, 2.24) is 0 Å². The van der Waals surface area contributed by atoms with Crippen molar-refractivity contribution in [3.63, 3.8) is 0 Å². The van der Waals surface area contributed by atoms with Gasteiger partial charge in [0.1, 0.15) is 0 Å². The van der Waals surface area contributed by atoms with Crippen molar-refractivity contribution in [2.24, 2.45) is 0 Å². The molecule has 0 saturated heterocycles. The highest BCUT2D eigenvalue weighted by atomic mass is 32.2. The van der Waals surface area contributed by atoms with Crippen LogP contribution in [0.3, 0.4) is 0 Å². The van der Waals surface area contributed by atoms with E-state index < -0.39 is 10.3 Å². The van der Waals surface area contributed by atoms with Gasteiger partial charge in [0.05, 0.1) is 12.3 Å². The second kappa shape index (κ2) is 3.73. The average Bonchev–Trinajstić information content (AvgIpc) is 2.03. The van der Waals surface area contributed by atoms with Gasteiger partial charge in [-0.05, 0) is 17.7 Å². The van der Waals surface area contributed by atoms with E-state index in [2.05, 4.69) is 0 Å². The molecule has 1 aromatic carbocycles. The molecule has 0 saturated carbocycles. The molecule has 6 heteroatoms. The van der Waals surface area contributed by atoms with Crippen molar-refractivity contribution < 1.29 is 18.1 Å². The first-order valence-electron chi connectivity index (χ1n) is 3.46. The Hall–Kier alpha value is -1.11. The number of benzene rings is 1. The summed E-state index contributed by atoms with van der Waals surface area (Å²) >= 11 is 0. The van der Waals surface area contributed by atoms with Gasteiger partial charge in [-0.1, -0.05) is 12.1 Å². The van der Waals surface area contributed by atoms with Gasteiger partial charge in [0.25, 0.3) is 0 Å². The van der Waals surface area contributed by atoms with Gasteiger partial charge in [0.15, 0.2) is 0 Å². The molecule has 0 spiro atoms. The first kappa shape index (κ1) is 9.97. The summed E-state index contributed by atoms with van der Waals surface area (Å²) in [7, 11) is -4.21. The largest absolute Gasteiger partial charge is 0.392 e. The van der Waals surface area contributed by atoms with Crippen molar-refractivity contribution in [2.75, 3.05) is 4.72 Å². The molecule has 0 radical (unpaired) electrons. The summed E-state index contributed by atoms with van der Waals surface area (Å²) < 4.78 is 31.0. The lowest BCUT2D eigenvalue weighted by Crippen LogP contribution is -2.10. The van der Waals surface area contributed by atoms with Crippen LogP contribution in [-0.2, 0) is 16.9 Å². The van der Waals surface area contributed by atoms with Crippen LogP contribution in [0.25, 0.3) is 0 Å². The summed E-state index contributed by atoms with van der Waals surface area (Å²) in [5, 5.41) is 8.67. The van der Waals surface area contributed by atoms with Gasteiger partial charge in [-0.25, -0.2) is 0 Å². The highest BCUT2D eigenvalue weighted by molar-refractivity contribution is 7.87. The fourth-order valence-electron chi connectivity index (χ4n) is 0.827. The summed E-state index contributed by atoms with van der Waals surface area (Å²) in [6, 6.07) is 5.99. The lowest BCUT2D eigenvalue weighted by Gasteiger charge is -2.02. The summed E-state index contributed by atoms with van der Waals surface area (Å²) in [4.78, 5) is 0. The Labute approximate surface area is 75.9 Å². The molecule has 0 aliphatic carbocycles. The normalized spacial score (nSPS) is 11.2. The Bertz CT molecular complexity index is 370. The smallest absolute Gasteiger partial charge is 0.357 e. The SMILES string of the molecule is O=S(=O)(O)Nc1ccc(CO)cc1. The predicted molar refractivity (Wildman–Crippen MR) is 47.5 cm³/mol. The summed E-state index contributed by atoms with van der Waals surface area (Å²) in [5.74, 6) is 0. The minimum atomic E-state index is -4.21. The predicted octanol–water partition coefficient (Wildman–Crippen LogP) is 0.394. The highest BCUT2D eigenvalue weighted by Crippen LogP contribution is 2.10. The number of hydrogen-bond donors (Lipinski definition) is 3. The number of aliphatic hydroxyl groups is 1. The number of nitrogens with one attached hydrogen (secondary N) is 1. The molecule has 0 unspecified atom stereocenters. The fourth-order valence-corrected chi connectivity index (χ4v) is 1.26. The maximum absolute atomic E-state index is 10.4. The minimum absolute atomic E-state index is 0.105. The van der Waals surface area contributed by atoms with E-state index in [0.29, 0.717) is 5.56 Å². The second-order valence-corrected chi connectivity index (χ2v) is 3.59. The topological polar surface area (TPSA) is 86.6 Å². The molecule has 3 N–H and O–H groups in total. The van der Waals surface area contributed by atoms with Gasteiger partial charge in [-0.15, -0.1) is 0 Å². The zero-order valence-corrected chi connectivity index (χ0v) is 7.45. The molecular weight excluding hydrogens is 194 g/mol. The third kappa shape index (κ3) is 3.41. The first-order valence-corrected chi connectivity index (χ1v) is 4.90.